The summed E-state index contributed by atoms with van der Waals surface area (Å²) in [6.07, 6.45) is 1.44. The van der Waals surface area contributed by atoms with Crippen LogP contribution in [0.3, 0.4) is 0 Å². The molecule has 1 aliphatic rings. The van der Waals surface area contributed by atoms with Crippen molar-refractivity contribution in [2.45, 2.75) is 84.0 Å². The van der Waals surface area contributed by atoms with Gasteiger partial charge in [-0.1, -0.05) is 13.5 Å². The van der Waals surface area contributed by atoms with Crippen LogP contribution in [0.1, 0.15) is 60.8 Å². The van der Waals surface area contributed by atoms with Gasteiger partial charge in [-0.3, -0.25) is 10.1 Å². The maximum absolute atomic E-state index is 12.7. The zero-order chi connectivity index (χ0) is 18.7. The first-order valence-electron chi connectivity index (χ1n) is 8.62. The number of hydrogen-bond acceptors (Lipinski definition) is 4. The van der Waals surface area contributed by atoms with Crippen molar-refractivity contribution in [3.8, 4) is 0 Å². The van der Waals surface area contributed by atoms with Gasteiger partial charge in [0, 0.05) is 29.2 Å². The Labute approximate surface area is 145 Å². The van der Waals surface area contributed by atoms with Gasteiger partial charge in [0.05, 0.1) is 6.10 Å². The van der Waals surface area contributed by atoms with Crippen molar-refractivity contribution in [1.82, 2.24) is 15.5 Å². The van der Waals surface area contributed by atoms with Crippen molar-refractivity contribution in [2.75, 3.05) is 6.54 Å². The molecule has 1 heterocycles. The van der Waals surface area contributed by atoms with Crippen LogP contribution < -0.4 is 10.6 Å². The third-order valence-electron chi connectivity index (χ3n) is 4.36. The summed E-state index contributed by atoms with van der Waals surface area (Å²) >= 11 is 0. The van der Waals surface area contributed by atoms with Crippen molar-refractivity contribution >= 4 is 11.9 Å². The molecule has 24 heavy (non-hydrogen) atoms. The molecule has 1 aliphatic heterocycles. The third kappa shape index (κ3) is 5.91. The number of carbonyl (C=O) groups excluding carboxylic acids is 2. The summed E-state index contributed by atoms with van der Waals surface area (Å²) in [6.45, 7) is 15.6. The lowest BCUT2D eigenvalue weighted by atomic mass is 9.79. The number of carbonyl (C=O) groups is 2. The molecule has 6 heteroatoms. The number of imide groups is 1. The quantitative estimate of drug-likeness (QED) is 0.671. The topological polar surface area (TPSA) is 81.7 Å². The largest absolute Gasteiger partial charge is 0.391 e. The average Bonchev–Trinajstić information content (AvgIpc) is 2.40. The van der Waals surface area contributed by atoms with Gasteiger partial charge in [0.2, 0.25) is 0 Å². The second-order valence-corrected chi connectivity index (χ2v) is 8.21. The molecule has 0 aliphatic carbocycles. The van der Waals surface area contributed by atoms with E-state index in [1.807, 2.05) is 6.92 Å². The molecule has 1 saturated heterocycles. The molecule has 3 amide bonds. The van der Waals surface area contributed by atoms with E-state index >= 15 is 0 Å². The number of nitrogens with one attached hydrogen (secondary N) is 2. The van der Waals surface area contributed by atoms with Crippen LogP contribution >= 0.6 is 0 Å². The maximum Gasteiger partial charge on any atom is 0.324 e. The van der Waals surface area contributed by atoms with Gasteiger partial charge in [0.15, 0.2) is 0 Å². The van der Waals surface area contributed by atoms with Gasteiger partial charge < -0.3 is 15.3 Å². The van der Waals surface area contributed by atoms with Gasteiger partial charge in [-0.2, -0.15) is 0 Å². The summed E-state index contributed by atoms with van der Waals surface area (Å²) in [5.74, 6) is -0.483. The van der Waals surface area contributed by atoms with Crippen LogP contribution in [-0.2, 0) is 4.79 Å². The second kappa shape index (κ2) is 7.66. The molecule has 0 radical (unpaired) electrons. The zero-order valence-corrected chi connectivity index (χ0v) is 15.9. The number of rotatable bonds is 5. The number of amides is 3. The van der Waals surface area contributed by atoms with Crippen molar-refractivity contribution < 1.29 is 14.7 Å². The molecular weight excluding hydrogens is 306 g/mol. The molecule has 1 unspecified atom stereocenters. The van der Waals surface area contributed by atoms with Gasteiger partial charge in [-0.15, -0.1) is 0 Å². The highest BCUT2D eigenvalue weighted by Crippen LogP contribution is 2.31. The predicted molar refractivity (Wildman–Crippen MR) is 95.7 cm³/mol. The average molecular weight is 339 g/mol. The lowest BCUT2D eigenvalue weighted by Crippen LogP contribution is -2.64. The Kier molecular flexibility index (Phi) is 6.59. The zero-order valence-electron chi connectivity index (χ0n) is 15.9. The predicted octanol–water partition coefficient (Wildman–Crippen LogP) is 2.18. The van der Waals surface area contributed by atoms with E-state index in [2.05, 4.69) is 44.9 Å². The Morgan fingerprint density at radius 3 is 2.21 bits per heavy atom. The van der Waals surface area contributed by atoms with Gasteiger partial charge in [-0.25, -0.2) is 4.79 Å². The fourth-order valence-electron chi connectivity index (χ4n) is 3.52. The Hall–Kier alpha value is -1.40. The van der Waals surface area contributed by atoms with Crippen LogP contribution in [-0.4, -0.2) is 51.7 Å². The first-order valence-corrected chi connectivity index (χ1v) is 8.62. The number of urea groups is 1. The van der Waals surface area contributed by atoms with E-state index < -0.39 is 18.0 Å². The molecule has 6 nitrogen and oxygen atoms in total. The van der Waals surface area contributed by atoms with Crippen LogP contribution in [0.4, 0.5) is 4.79 Å². The Morgan fingerprint density at radius 2 is 1.79 bits per heavy atom. The smallest absolute Gasteiger partial charge is 0.324 e. The summed E-state index contributed by atoms with van der Waals surface area (Å²) in [5, 5.41) is 16.0. The highest BCUT2D eigenvalue weighted by atomic mass is 16.3. The van der Waals surface area contributed by atoms with Gasteiger partial charge in [0.1, 0.15) is 0 Å². The van der Waals surface area contributed by atoms with Crippen LogP contribution in [0, 0.1) is 0 Å². The summed E-state index contributed by atoms with van der Waals surface area (Å²) in [6, 6.07) is -0.524. The molecule has 138 valence electrons. The van der Waals surface area contributed by atoms with Crippen LogP contribution in [0.5, 0.6) is 0 Å². The molecule has 1 atom stereocenters. The minimum Gasteiger partial charge on any atom is -0.391 e. The molecular formula is C18H33N3O3. The monoisotopic (exact) mass is 339 g/mol. The fraction of sp³-hybridized carbons (Fsp3) is 0.778. The van der Waals surface area contributed by atoms with Crippen LogP contribution in [0.2, 0.25) is 0 Å². The molecule has 0 aromatic rings. The molecule has 1 rings (SSSR count). The Bertz CT molecular complexity index is 484. The third-order valence-corrected chi connectivity index (χ3v) is 4.36. The molecule has 3 N–H and O–H groups in total. The lowest BCUT2D eigenvalue weighted by molar-refractivity contribution is -0.116. The second-order valence-electron chi connectivity index (χ2n) is 8.21. The van der Waals surface area contributed by atoms with E-state index in [1.165, 1.54) is 0 Å². The number of piperidine rings is 1. The molecule has 1 fully saturated rings. The molecule has 0 bridgehead atoms. The normalized spacial score (nSPS) is 21.0. The van der Waals surface area contributed by atoms with Crippen LogP contribution in [0.25, 0.3) is 0 Å². The minimum atomic E-state index is -0.614. The molecule has 0 aromatic carbocycles. The summed E-state index contributed by atoms with van der Waals surface area (Å²) in [4.78, 5) is 26.1. The van der Waals surface area contributed by atoms with Crippen molar-refractivity contribution in [3.05, 3.63) is 12.2 Å². The van der Waals surface area contributed by atoms with Crippen molar-refractivity contribution in [2.24, 2.45) is 0 Å². The van der Waals surface area contributed by atoms with Gasteiger partial charge in [0.25, 0.3) is 5.91 Å². The highest BCUT2D eigenvalue weighted by molar-refractivity contribution is 6.03. The number of nitrogens with zero attached hydrogens (tertiary/aromatic N) is 1. The fourth-order valence-corrected chi connectivity index (χ4v) is 3.52. The van der Waals surface area contributed by atoms with E-state index in [4.69, 9.17) is 0 Å². The SMILES string of the molecule is C=C(C)C(=O)NC(=O)N(CC(O)CC)C1CC(C)(C)NC(C)(C)C1. The van der Waals surface area contributed by atoms with E-state index in [1.54, 1.807) is 11.8 Å². The van der Waals surface area contributed by atoms with Crippen LogP contribution in [0.15, 0.2) is 12.2 Å². The maximum atomic E-state index is 12.7. The summed E-state index contributed by atoms with van der Waals surface area (Å²) in [7, 11) is 0. The van der Waals surface area contributed by atoms with Gasteiger partial charge in [-0.05, 0) is 53.9 Å². The number of aliphatic hydroxyl groups is 1. The first-order chi connectivity index (χ1) is 10.9. The van der Waals surface area contributed by atoms with E-state index in [0.29, 0.717) is 6.42 Å². The summed E-state index contributed by atoms with van der Waals surface area (Å²) in [5.41, 5.74) is 0.00586. The van der Waals surface area contributed by atoms with Crippen molar-refractivity contribution in [1.29, 1.82) is 0 Å². The Morgan fingerprint density at radius 1 is 1.29 bits per heavy atom. The van der Waals surface area contributed by atoms with Crippen molar-refractivity contribution in [3.63, 3.8) is 0 Å². The van der Waals surface area contributed by atoms with E-state index in [0.717, 1.165) is 12.8 Å². The number of aliphatic hydroxyl groups excluding tert-OH is 1. The Balaban J connectivity index is 3.01. The van der Waals surface area contributed by atoms with E-state index in [-0.39, 0.29) is 29.2 Å². The minimum absolute atomic E-state index is 0.0598. The lowest BCUT2D eigenvalue weighted by Gasteiger charge is -2.49. The van der Waals surface area contributed by atoms with E-state index in [9.17, 15) is 14.7 Å². The van der Waals surface area contributed by atoms with Gasteiger partial charge >= 0.3 is 6.03 Å². The molecule has 0 saturated carbocycles. The summed E-state index contributed by atoms with van der Waals surface area (Å²) < 4.78 is 0. The highest BCUT2D eigenvalue weighted by Gasteiger charge is 2.41. The molecule has 0 spiro atoms. The number of hydrogen-bond donors (Lipinski definition) is 3. The standard InChI is InChI=1S/C18H33N3O3/c1-8-14(22)11-21(16(24)19-15(23)12(2)3)13-9-17(4,5)20-18(6,7)10-13/h13-14,20,22H,2,8-11H2,1,3-7H3,(H,19,23,24). The molecule has 0 aromatic heterocycles. The first kappa shape index (κ1) is 20.6.